The standard InChI is InChI=1S/C14H20N4O2/c1-11-4-3-5-12(2)14(11)18(16-20)13(19)10-17-8-6-15-7-9-17/h3-5,15H,6-10H2,1-2H3. The number of carbonyl (C=O) groups excluding carboxylic acids is 1. The van der Waals surface area contributed by atoms with Gasteiger partial charge < -0.3 is 5.32 Å². The van der Waals surface area contributed by atoms with Crippen LogP contribution in [0.15, 0.2) is 23.5 Å². The molecule has 108 valence electrons. The van der Waals surface area contributed by atoms with Crippen LogP contribution in [0, 0.1) is 18.8 Å². The fourth-order valence-corrected chi connectivity index (χ4v) is 2.48. The molecule has 1 aliphatic heterocycles. The van der Waals surface area contributed by atoms with E-state index in [1.807, 2.05) is 36.9 Å². The van der Waals surface area contributed by atoms with Gasteiger partial charge >= 0.3 is 0 Å². The molecule has 0 unspecified atom stereocenters. The van der Waals surface area contributed by atoms with Crippen molar-refractivity contribution in [1.29, 1.82) is 0 Å². The second-order valence-electron chi connectivity index (χ2n) is 5.05. The van der Waals surface area contributed by atoms with Crippen LogP contribution in [0.1, 0.15) is 11.1 Å². The normalized spacial score (nSPS) is 15.9. The average Bonchev–Trinajstić information content (AvgIpc) is 2.44. The van der Waals surface area contributed by atoms with Gasteiger partial charge in [0, 0.05) is 26.2 Å². The second kappa shape index (κ2) is 6.58. The highest BCUT2D eigenvalue weighted by Gasteiger charge is 2.23. The molecule has 0 aromatic heterocycles. The number of carbonyl (C=O) groups is 1. The van der Waals surface area contributed by atoms with Crippen molar-refractivity contribution in [2.24, 2.45) is 5.29 Å². The van der Waals surface area contributed by atoms with E-state index in [9.17, 15) is 9.70 Å². The SMILES string of the molecule is Cc1cccc(C)c1N(N=O)C(=O)CN1CCNCC1. The lowest BCUT2D eigenvalue weighted by atomic mass is 10.1. The summed E-state index contributed by atoms with van der Waals surface area (Å²) in [7, 11) is 0. The maximum absolute atomic E-state index is 12.3. The van der Waals surface area contributed by atoms with E-state index in [1.165, 1.54) is 0 Å². The zero-order valence-corrected chi connectivity index (χ0v) is 11.9. The van der Waals surface area contributed by atoms with E-state index in [2.05, 4.69) is 10.6 Å². The number of nitrogens with one attached hydrogen (secondary N) is 1. The maximum Gasteiger partial charge on any atom is 0.264 e. The van der Waals surface area contributed by atoms with E-state index in [0.29, 0.717) is 5.69 Å². The summed E-state index contributed by atoms with van der Waals surface area (Å²) >= 11 is 0. The molecule has 6 heteroatoms. The number of benzene rings is 1. The molecule has 2 rings (SSSR count). The topological polar surface area (TPSA) is 65.0 Å². The van der Waals surface area contributed by atoms with Gasteiger partial charge in [0.25, 0.3) is 5.91 Å². The summed E-state index contributed by atoms with van der Waals surface area (Å²) in [5.41, 5.74) is 2.35. The summed E-state index contributed by atoms with van der Waals surface area (Å²) < 4.78 is 0. The molecule has 1 N–H and O–H groups in total. The molecule has 0 radical (unpaired) electrons. The van der Waals surface area contributed by atoms with Gasteiger partial charge in [0.1, 0.15) is 0 Å². The van der Waals surface area contributed by atoms with Gasteiger partial charge in [-0.15, -0.1) is 4.91 Å². The van der Waals surface area contributed by atoms with Crippen LogP contribution >= 0.6 is 0 Å². The fraction of sp³-hybridized carbons (Fsp3) is 0.500. The van der Waals surface area contributed by atoms with E-state index in [1.54, 1.807) is 0 Å². The number of anilines is 1. The van der Waals surface area contributed by atoms with Gasteiger partial charge in [-0.05, 0) is 25.0 Å². The van der Waals surface area contributed by atoms with Gasteiger partial charge in [-0.25, -0.2) is 0 Å². The van der Waals surface area contributed by atoms with Crippen LogP contribution in [0.4, 0.5) is 5.69 Å². The third-order valence-electron chi connectivity index (χ3n) is 3.54. The molecule has 1 aromatic carbocycles. The minimum atomic E-state index is -0.278. The molecule has 0 atom stereocenters. The summed E-state index contributed by atoms with van der Waals surface area (Å²) in [5, 5.41) is 7.16. The number of aryl methyl sites for hydroxylation is 2. The number of nitrogens with zero attached hydrogens (tertiary/aromatic N) is 3. The molecule has 1 aromatic rings. The first-order valence-electron chi connectivity index (χ1n) is 6.79. The van der Waals surface area contributed by atoms with Gasteiger partial charge in [-0.3, -0.25) is 9.69 Å². The summed E-state index contributed by atoms with van der Waals surface area (Å²) in [4.78, 5) is 25.5. The molecule has 1 saturated heterocycles. The summed E-state index contributed by atoms with van der Waals surface area (Å²) in [6.45, 7) is 7.32. The monoisotopic (exact) mass is 276 g/mol. The quantitative estimate of drug-likeness (QED) is 0.663. The van der Waals surface area contributed by atoms with Gasteiger partial charge in [-0.2, -0.15) is 5.01 Å². The van der Waals surface area contributed by atoms with E-state index in [4.69, 9.17) is 0 Å². The zero-order chi connectivity index (χ0) is 14.5. The van der Waals surface area contributed by atoms with Crippen molar-refractivity contribution < 1.29 is 4.79 Å². The van der Waals surface area contributed by atoms with Crippen molar-refractivity contribution in [2.75, 3.05) is 37.7 Å². The third kappa shape index (κ3) is 3.20. The zero-order valence-electron chi connectivity index (χ0n) is 11.9. The summed E-state index contributed by atoms with van der Waals surface area (Å²) in [6.07, 6.45) is 0. The van der Waals surface area contributed by atoms with Gasteiger partial charge in [0.15, 0.2) is 0 Å². The molecule has 1 aliphatic rings. The van der Waals surface area contributed by atoms with Crippen molar-refractivity contribution in [2.45, 2.75) is 13.8 Å². The van der Waals surface area contributed by atoms with E-state index >= 15 is 0 Å². The number of hydrogen-bond donors (Lipinski definition) is 1. The van der Waals surface area contributed by atoms with Crippen molar-refractivity contribution in [3.63, 3.8) is 0 Å². The Bertz CT molecular complexity index is 478. The Morgan fingerprint density at radius 2 is 1.90 bits per heavy atom. The predicted molar refractivity (Wildman–Crippen MR) is 78.5 cm³/mol. The molecule has 0 saturated carbocycles. The molecule has 1 heterocycles. The molecule has 20 heavy (non-hydrogen) atoms. The van der Waals surface area contributed by atoms with Crippen LogP contribution in [0.5, 0.6) is 0 Å². The second-order valence-corrected chi connectivity index (χ2v) is 5.05. The first-order valence-corrected chi connectivity index (χ1v) is 6.79. The fourth-order valence-electron chi connectivity index (χ4n) is 2.48. The van der Waals surface area contributed by atoms with Crippen molar-refractivity contribution in [3.05, 3.63) is 34.2 Å². The van der Waals surface area contributed by atoms with Crippen LogP contribution in [0.2, 0.25) is 0 Å². The Morgan fingerprint density at radius 1 is 1.30 bits per heavy atom. The van der Waals surface area contributed by atoms with Crippen LogP contribution in [-0.4, -0.2) is 43.5 Å². The smallest absolute Gasteiger partial charge is 0.264 e. The van der Waals surface area contributed by atoms with Crippen LogP contribution < -0.4 is 10.3 Å². The van der Waals surface area contributed by atoms with Crippen LogP contribution in [0.25, 0.3) is 0 Å². The molecular formula is C14H20N4O2. The Morgan fingerprint density at radius 3 is 2.45 bits per heavy atom. The first-order chi connectivity index (χ1) is 9.63. The Kier molecular flexibility index (Phi) is 4.81. The maximum atomic E-state index is 12.3. The predicted octanol–water partition coefficient (Wildman–Crippen LogP) is 1.22. The highest BCUT2D eigenvalue weighted by Crippen LogP contribution is 2.25. The van der Waals surface area contributed by atoms with Crippen molar-refractivity contribution in [3.8, 4) is 0 Å². The lowest BCUT2D eigenvalue weighted by Crippen LogP contribution is -2.47. The molecule has 6 nitrogen and oxygen atoms in total. The van der Waals surface area contributed by atoms with Crippen molar-refractivity contribution in [1.82, 2.24) is 10.2 Å². The van der Waals surface area contributed by atoms with Crippen molar-refractivity contribution >= 4 is 11.6 Å². The number of rotatable bonds is 4. The van der Waals surface area contributed by atoms with Gasteiger partial charge in [0.05, 0.1) is 17.5 Å². The Hall–Kier alpha value is -1.79. The molecule has 0 bridgehead atoms. The minimum absolute atomic E-state index is 0.223. The number of para-hydroxylation sites is 1. The number of nitroso groups, excluding NO2 is 1. The minimum Gasteiger partial charge on any atom is -0.314 e. The van der Waals surface area contributed by atoms with Crippen LogP contribution in [0.3, 0.4) is 0 Å². The molecular weight excluding hydrogens is 256 g/mol. The Balaban J connectivity index is 2.14. The average molecular weight is 276 g/mol. The lowest BCUT2D eigenvalue weighted by Gasteiger charge is -2.28. The van der Waals surface area contributed by atoms with Gasteiger partial charge in [-0.1, -0.05) is 18.2 Å². The van der Waals surface area contributed by atoms with Gasteiger partial charge in [0.2, 0.25) is 0 Å². The van der Waals surface area contributed by atoms with Crippen LogP contribution in [-0.2, 0) is 4.79 Å². The number of piperazine rings is 1. The number of amides is 1. The highest BCUT2D eigenvalue weighted by atomic mass is 16.3. The third-order valence-corrected chi connectivity index (χ3v) is 3.54. The highest BCUT2D eigenvalue weighted by molar-refractivity contribution is 5.95. The van der Waals surface area contributed by atoms with E-state index in [-0.39, 0.29) is 12.5 Å². The van der Waals surface area contributed by atoms with E-state index < -0.39 is 0 Å². The molecule has 1 amide bonds. The summed E-state index contributed by atoms with van der Waals surface area (Å²) in [5.74, 6) is -0.278. The molecule has 0 spiro atoms. The summed E-state index contributed by atoms with van der Waals surface area (Å²) in [6, 6.07) is 5.65. The first kappa shape index (κ1) is 14.6. The largest absolute Gasteiger partial charge is 0.314 e. The number of hydrogen-bond acceptors (Lipinski definition) is 5. The molecule has 1 fully saturated rings. The molecule has 0 aliphatic carbocycles. The lowest BCUT2D eigenvalue weighted by molar-refractivity contribution is -0.119. The van der Waals surface area contributed by atoms with E-state index in [0.717, 1.165) is 42.3 Å². The Labute approximate surface area is 118 Å².